The van der Waals surface area contributed by atoms with Crippen molar-refractivity contribution in [2.75, 3.05) is 0 Å². The zero-order valence-corrected chi connectivity index (χ0v) is 15.4. The van der Waals surface area contributed by atoms with Crippen LogP contribution in [0.15, 0.2) is 63.4 Å². The van der Waals surface area contributed by atoms with Gasteiger partial charge < -0.3 is 19.0 Å². The van der Waals surface area contributed by atoms with Crippen molar-refractivity contribution in [3.8, 4) is 5.75 Å². The second-order valence-electron chi connectivity index (χ2n) is 6.44. The highest BCUT2D eigenvalue weighted by atomic mass is 35.5. The van der Waals surface area contributed by atoms with E-state index < -0.39 is 0 Å². The van der Waals surface area contributed by atoms with Crippen LogP contribution in [0, 0.1) is 6.92 Å². The third-order valence-electron chi connectivity index (χ3n) is 4.50. The Balaban J connectivity index is 1.69. The Hall–Kier alpha value is -2.92. The summed E-state index contributed by atoms with van der Waals surface area (Å²) in [7, 11) is 0. The number of ether oxygens (including phenoxy) is 2. The van der Waals surface area contributed by atoms with Gasteiger partial charge in [0, 0.05) is 12.5 Å². The molecule has 1 aromatic heterocycles. The van der Waals surface area contributed by atoms with Crippen molar-refractivity contribution in [1.29, 1.82) is 0 Å². The van der Waals surface area contributed by atoms with Crippen LogP contribution >= 0.6 is 11.6 Å². The molecular weight excluding hydrogens is 368 g/mol. The molecule has 1 aliphatic carbocycles. The van der Waals surface area contributed by atoms with Crippen LogP contribution in [0.4, 0.5) is 0 Å². The summed E-state index contributed by atoms with van der Waals surface area (Å²) in [6.45, 7) is 1.67. The molecule has 0 bridgehead atoms. The first-order chi connectivity index (χ1) is 13.0. The highest BCUT2D eigenvalue weighted by Crippen LogP contribution is 2.32. The molecular formula is C21H17ClO5. The number of rotatable bonds is 3. The van der Waals surface area contributed by atoms with Crippen molar-refractivity contribution in [3.63, 3.8) is 0 Å². The summed E-state index contributed by atoms with van der Waals surface area (Å²) in [4.78, 5) is 13.0. The normalized spacial score (nSPS) is 16.3. The number of hydrogen-bond donors (Lipinski definition) is 1. The minimum Gasteiger partial charge on any atom is -0.506 e. The molecule has 6 heteroatoms. The van der Waals surface area contributed by atoms with Crippen LogP contribution in [0.2, 0.25) is 5.02 Å². The molecule has 0 atom stereocenters. The second-order valence-corrected chi connectivity index (χ2v) is 6.84. The minimum atomic E-state index is -0.299. The van der Waals surface area contributed by atoms with Gasteiger partial charge in [-0.25, -0.2) is 0 Å². The predicted octanol–water partition coefficient (Wildman–Crippen LogP) is 5.31. The van der Waals surface area contributed by atoms with Crippen molar-refractivity contribution >= 4 is 28.3 Å². The second kappa shape index (κ2) is 7.00. The first-order valence-electron chi connectivity index (χ1n) is 8.56. The lowest BCUT2D eigenvalue weighted by Crippen LogP contribution is -2.14. The number of aryl methyl sites for hydroxylation is 1. The maximum Gasteiger partial charge on any atom is 0.204 e. The molecule has 1 N–H and O–H groups in total. The van der Waals surface area contributed by atoms with E-state index in [1.807, 2.05) is 6.08 Å². The monoisotopic (exact) mass is 384 g/mol. The topological polar surface area (TPSA) is 68.9 Å². The lowest BCUT2D eigenvalue weighted by Gasteiger charge is -2.19. The van der Waals surface area contributed by atoms with Gasteiger partial charge in [0.2, 0.25) is 5.43 Å². The summed E-state index contributed by atoms with van der Waals surface area (Å²) in [6, 6.07) is 2.72. The van der Waals surface area contributed by atoms with Crippen molar-refractivity contribution in [1.82, 2.24) is 0 Å². The zero-order chi connectivity index (χ0) is 19.0. The number of phenols is 1. The van der Waals surface area contributed by atoms with E-state index in [4.69, 9.17) is 25.5 Å². The average Bonchev–Trinajstić information content (AvgIpc) is 2.65. The van der Waals surface area contributed by atoms with Crippen molar-refractivity contribution in [2.45, 2.75) is 26.2 Å². The van der Waals surface area contributed by atoms with Gasteiger partial charge in [0.25, 0.3) is 0 Å². The molecule has 0 amide bonds. The van der Waals surface area contributed by atoms with E-state index in [-0.39, 0.29) is 38.5 Å². The summed E-state index contributed by atoms with van der Waals surface area (Å²) in [5.41, 5.74) is 1.47. The molecule has 138 valence electrons. The van der Waals surface area contributed by atoms with Crippen LogP contribution in [-0.4, -0.2) is 5.11 Å². The fraction of sp³-hybridized carbons (Fsp3) is 0.190. The van der Waals surface area contributed by atoms with Crippen LogP contribution in [0.5, 0.6) is 5.75 Å². The molecule has 0 unspecified atom stereocenters. The van der Waals surface area contributed by atoms with E-state index in [9.17, 15) is 9.90 Å². The van der Waals surface area contributed by atoms with Crippen molar-refractivity contribution in [2.24, 2.45) is 0 Å². The first-order valence-corrected chi connectivity index (χ1v) is 8.94. The largest absolute Gasteiger partial charge is 0.506 e. The maximum atomic E-state index is 13.0. The Morgan fingerprint density at radius 2 is 2.11 bits per heavy atom. The Morgan fingerprint density at radius 1 is 1.26 bits per heavy atom. The fourth-order valence-electron chi connectivity index (χ4n) is 3.17. The van der Waals surface area contributed by atoms with E-state index in [0.717, 1.165) is 12.8 Å². The van der Waals surface area contributed by atoms with E-state index >= 15 is 0 Å². The lowest BCUT2D eigenvalue weighted by atomic mass is 10.0. The fourth-order valence-corrected chi connectivity index (χ4v) is 3.34. The number of halogens is 1. The molecule has 27 heavy (non-hydrogen) atoms. The lowest BCUT2D eigenvalue weighted by molar-refractivity contribution is 0.272. The van der Waals surface area contributed by atoms with Gasteiger partial charge >= 0.3 is 0 Å². The number of phenolic OH excluding ortho intramolecular Hbond substituents is 1. The Kier molecular flexibility index (Phi) is 4.54. The highest BCUT2D eigenvalue weighted by Gasteiger charge is 2.22. The first kappa shape index (κ1) is 17.5. The Morgan fingerprint density at radius 3 is 2.89 bits per heavy atom. The van der Waals surface area contributed by atoms with E-state index in [1.54, 1.807) is 6.92 Å². The van der Waals surface area contributed by atoms with Gasteiger partial charge in [-0.3, -0.25) is 4.79 Å². The predicted molar refractivity (Wildman–Crippen MR) is 103 cm³/mol. The van der Waals surface area contributed by atoms with Gasteiger partial charge in [0.1, 0.15) is 40.9 Å². The third kappa shape index (κ3) is 3.38. The highest BCUT2D eigenvalue weighted by molar-refractivity contribution is 6.32. The molecule has 1 aromatic carbocycles. The van der Waals surface area contributed by atoms with Crippen molar-refractivity contribution < 1.29 is 19.0 Å². The summed E-state index contributed by atoms with van der Waals surface area (Å²) in [5, 5.41) is 10.1. The average molecular weight is 385 g/mol. The zero-order valence-electron chi connectivity index (χ0n) is 14.6. The number of fused-ring (bicyclic) bond motifs is 1. The number of aromatic hydroxyl groups is 1. The maximum absolute atomic E-state index is 13.0. The van der Waals surface area contributed by atoms with Gasteiger partial charge in [-0.1, -0.05) is 35.4 Å². The van der Waals surface area contributed by atoms with Crippen LogP contribution in [0.3, 0.4) is 0 Å². The van der Waals surface area contributed by atoms with Crippen LogP contribution < -0.4 is 5.43 Å². The number of hydrogen-bond acceptors (Lipinski definition) is 5. The molecule has 5 nitrogen and oxygen atoms in total. The Bertz CT molecular complexity index is 1100. The van der Waals surface area contributed by atoms with Gasteiger partial charge in [0.05, 0.1) is 10.4 Å². The van der Waals surface area contributed by atoms with Gasteiger partial charge in [-0.05, 0) is 25.8 Å². The van der Waals surface area contributed by atoms with Gasteiger partial charge in [-0.15, -0.1) is 0 Å². The minimum absolute atomic E-state index is 0.0808. The van der Waals surface area contributed by atoms with Crippen molar-refractivity contribution in [3.05, 3.63) is 80.8 Å². The quantitative estimate of drug-likeness (QED) is 0.776. The molecule has 4 rings (SSSR count). The summed E-state index contributed by atoms with van der Waals surface area (Å²) in [6.07, 6.45) is 11.7. The summed E-state index contributed by atoms with van der Waals surface area (Å²) < 4.78 is 17.1. The molecule has 0 spiro atoms. The molecule has 0 saturated heterocycles. The smallest absolute Gasteiger partial charge is 0.204 e. The van der Waals surface area contributed by atoms with E-state index in [0.29, 0.717) is 17.9 Å². The standard InChI is InChI=1S/C21H17ClO5/c1-12-20(21(24)15-8-16(22)17(23)9-18(15)26-12)19-11-25-10-14(27-19)7-13-5-3-2-4-6-13/h2-3,5,8-11,23H,4,6-7H2,1H3. The Labute approximate surface area is 160 Å². The molecule has 0 saturated carbocycles. The van der Waals surface area contributed by atoms with Crippen LogP contribution in [0.25, 0.3) is 16.7 Å². The molecule has 0 radical (unpaired) electrons. The number of benzene rings is 1. The summed E-state index contributed by atoms with van der Waals surface area (Å²) in [5.74, 6) is 1.13. The van der Waals surface area contributed by atoms with E-state index in [2.05, 4.69) is 12.2 Å². The van der Waals surface area contributed by atoms with Crippen LogP contribution in [0.1, 0.15) is 30.6 Å². The molecule has 1 aliphatic heterocycles. The molecule has 0 fully saturated rings. The molecule has 2 aromatic rings. The molecule has 2 heterocycles. The SMILES string of the molecule is Cc1oc2cc(O)c(Cl)cc2c(=O)c1C1=COC=C(CC2=CC=CCC2)O1. The third-order valence-corrected chi connectivity index (χ3v) is 4.80. The summed E-state index contributed by atoms with van der Waals surface area (Å²) >= 11 is 5.95. The van der Waals surface area contributed by atoms with Gasteiger partial charge in [0.15, 0.2) is 5.76 Å². The van der Waals surface area contributed by atoms with E-state index in [1.165, 1.54) is 30.2 Å². The van der Waals surface area contributed by atoms with Gasteiger partial charge in [-0.2, -0.15) is 0 Å². The number of allylic oxidation sites excluding steroid dienone is 4. The van der Waals surface area contributed by atoms with Crippen LogP contribution in [-0.2, 0) is 9.47 Å². The molecule has 2 aliphatic rings.